The Kier molecular flexibility index (Phi) is 5.83. The third-order valence-electron chi connectivity index (χ3n) is 6.15. The van der Waals surface area contributed by atoms with E-state index in [1.165, 1.54) is 24.3 Å². The van der Waals surface area contributed by atoms with Gasteiger partial charge in [-0.25, -0.2) is 13.6 Å². The normalized spacial score (nSPS) is 20.4. The zero-order chi connectivity index (χ0) is 25.0. The van der Waals surface area contributed by atoms with Crippen molar-refractivity contribution >= 4 is 39.0 Å². The van der Waals surface area contributed by atoms with Gasteiger partial charge in [-0.15, -0.1) is 0 Å². The van der Waals surface area contributed by atoms with E-state index in [2.05, 4.69) is 0 Å². The van der Waals surface area contributed by atoms with E-state index >= 15 is 0 Å². The smallest absolute Gasteiger partial charge is 0.249 e. The topological polar surface area (TPSA) is 150 Å². The summed E-state index contributed by atoms with van der Waals surface area (Å²) in [5, 5.41) is 5.74. The van der Waals surface area contributed by atoms with E-state index in [1.54, 1.807) is 29.2 Å². The zero-order valence-corrected chi connectivity index (χ0v) is 20.3. The Labute approximate surface area is 203 Å². The number of benzene rings is 2. The number of nitrogens with two attached hydrogens (primary N) is 3. The molecule has 1 aliphatic heterocycles. The first-order chi connectivity index (χ1) is 15.8. The number of carbonyl (C=O) groups is 2. The Hall–Kier alpha value is -3.14. The van der Waals surface area contributed by atoms with Gasteiger partial charge in [0.15, 0.2) is 5.78 Å². The molecule has 0 saturated heterocycles. The van der Waals surface area contributed by atoms with Gasteiger partial charge in [0.25, 0.3) is 0 Å². The molecule has 6 N–H and O–H groups in total. The number of primary amides is 1. The van der Waals surface area contributed by atoms with Crippen LogP contribution < -0.4 is 21.5 Å². The number of primary sulfonamides is 1. The molecule has 1 heterocycles. The summed E-state index contributed by atoms with van der Waals surface area (Å²) in [6, 6.07) is 12.6. The number of hydrogen-bond donors (Lipinski definition) is 3. The van der Waals surface area contributed by atoms with Crippen LogP contribution in [0.15, 0.2) is 76.1 Å². The zero-order valence-electron chi connectivity index (χ0n) is 18.7. The summed E-state index contributed by atoms with van der Waals surface area (Å²) >= 11 is 6.06. The molecule has 1 unspecified atom stereocenters. The predicted octanol–water partition coefficient (Wildman–Crippen LogP) is 2.89. The second kappa shape index (κ2) is 8.26. The number of carbonyl (C=O) groups excluding carboxylic acids is 2. The molecule has 0 fully saturated rings. The van der Waals surface area contributed by atoms with Crippen LogP contribution in [-0.2, 0) is 19.6 Å². The fourth-order valence-electron chi connectivity index (χ4n) is 4.72. The van der Waals surface area contributed by atoms with Crippen molar-refractivity contribution < 1.29 is 18.0 Å². The number of sulfonamides is 1. The molecule has 8 nitrogen and oxygen atoms in total. The number of rotatable bonds is 4. The Bertz CT molecular complexity index is 1360. The maximum Gasteiger partial charge on any atom is 0.249 e. The monoisotopic (exact) mass is 500 g/mol. The lowest BCUT2D eigenvalue weighted by Crippen LogP contribution is -2.44. The Balaban J connectivity index is 1.99. The van der Waals surface area contributed by atoms with E-state index in [4.69, 9.17) is 28.2 Å². The van der Waals surface area contributed by atoms with Crippen LogP contribution in [0.5, 0.6) is 0 Å². The van der Waals surface area contributed by atoms with E-state index in [1.807, 2.05) is 13.8 Å². The highest BCUT2D eigenvalue weighted by Crippen LogP contribution is 2.50. The fourth-order valence-corrected chi connectivity index (χ4v) is 5.37. The van der Waals surface area contributed by atoms with Crippen LogP contribution in [0.25, 0.3) is 0 Å². The van der Waals surface area contributed by atoms with Crippen molar-refractivity contribution in [3.05, 3.63) is 81.8 Å². The van der Waals surface area contributed by atoms with Crippen LogP contribution in [0.3, 0.4) is 0 Å². The molecular weight excluding hydrogens is 476 g/mol. The lowest BCUT2D eigenvalue weighted by atomic mass is 9.68. The van der Waals surface area contributed by atoms with E-state index in [-0.39, 0.29) is 27.5 Å². The summed E-state index contributed by atoms with van der Waals surface area (Å²) < 4.78 is 23.4. The molecule has 1 amide bonds. The highest BCUT2D eigenvalue weighted by atomic mass is 35.5. The minimum atomic E-state index is -3.90. The number of Topliss-reactive ketones (excluding diaryl/α,β-unsaturated/α-hetero) is 1. The largest absolute Gasteiger partial charge is 0.384 e. The van der Waals surface area contributed by atoms with E-state index in [0.29, 0.717) is 40.4 Å². The number of allylic oxidation sites excluding steroid dienone is 2. The van der Waals surface area contributed by atoms with Gasteiger partial charge in [-0.2, -0.15) is 0 Å². The molecule has 1 aliphatic carbocycles. The molecule has 0 bridgehead atoms. The Morgan fingerprint density at radius 2 is 1.65 bits per heavy atom. The summed E-state index contributed by atoms with van der Waals surface area (Å²) in [7, 11) is -3.90. The van der Waals surface area contributed by atoms with E-state index in [9.17, 15) is 18.0 Å². The van der Waals surface area contributed by atoms with Crippen LogP contribution in [-0.4, -0.2) is 20.1 Å². The van der Waals surface area contributed by atoms with Gasteiger partial charge < -0.3 is 11.5 Å². The Morgan fingerprint density at radius 3 is 2.18 bits per heavy atom. The Morgan fingerprint density at radius 1 is 1.06 bits per heavy atom. The first kappa shape index (κ1) is 24.0. The quantitative estimate of drug-likeness (QED) is 0.587. The van der Waals surface area contributed by atoms with Crippen molar-refractivity contribution in [3.63, 3.8) is 0 Å². The number of ketones is 1. The van der Waals surface area contributed by atoms with Crippen molar-refractivity contribution in [3.8, 4) is 0 Å². The number of hydrogen-bond acceptors (Lipinski definition) is 6. The highest BCUT2D eigenvalue weighted by molar-refractivity contribution is 7.89. The van der Waals surface area contributed by atoms with Crippen molar-refractivity contribution in [2.24, 2.45) is 22.0 Å². The van der Waals surface area contributed by atoms with Gasteiger partial charge in [0, 0.05) is 34.3 Å². The molecule has 2 aromatic carbocycles. The summed E-state index contributed by atoms with van der Waals surface area (Å²) in [6.07, 6.45) is 0.794. The summed E-state index contributed by atoms with van der Waals surface area (Å²) in [5.74, 6) is -1.52. The van der Waals surface area contributed by atoms with Crippen LogP contribution in [0, 0.1) is 5.41 Å². The third-order valence-corrected chi connectivity index (χ3v) is 7.33. The minimum Gasteiger partial charge on any atom is -0.384 e. The van der Waals surface area contributed by atoms with Gasteiger partial charge in [-0.3, -0.25) is 14.5 Å². The fraction of sp³-hybridized carbons (Fsp3) is 0.250. The maximum absolute atomic E-state index is 13.5. The van der Waals surface area contributed by atoms with Gasteiger partial charge >= 0.3 is 0 Å². The lowest BCUT2D eigenvalue weighted by Gasteiger charge is -2.44. The highest BCUT2D eigenvalue weighted by Gasteiger charge is 2.45. The molecule has 0 spiro atoms. The van der Waals surface area contributed by atoms with Gasteiger partial charge in [0.1, 0.15) is 5.82 Å². The first-order valence-electron chi connectivity index (χ1n) is 10.5. The van der Waals surface area contributed by atoms with Crippen LogP contribution in [0.2, 0.25) is 5.02 Å². The molecule has 178 valence electrons. The molecule has 4 rings (SSSR count). The molecule has 0 radical (unpaired) electrons. The average molecular weight is 501 g/mol. The van der Waals surface area contributed by atoms with E-state index in [0.717, 1.165) is 0 Å². The van der Waals surface area contributed by atoms with Crippen molar-refractivity contribution in [1.82, 2.24) is 0 Å². The van der Waals surface area contributed by atoms with Gasteiger partial charge in [0.05, 0.1) is 10.5 Å². The van der Waals surface area contributed by atoms with Gasteiger partial charge in [0.2, 0.25) is 15.9 Å². The average Bonchev–Trinajstić information content (AvgIpc) is 2.72. The van der Waals surface area contributed by atoms with Gasteiger partial charge in [-0.1, -0.05) is 37.6 Å². The van der Waals surface area contributed by atoms with Crippen LogP contribution >= 0.6 is 11.6 Å². The van der Waals surface area contributed by atoms with Crippen LogP contribution in [0.4, 0.5) is 5.69 Å². The minimum absolute atomic E-state index is 0.0702. The first-order valence-corrected chi connectivity index (χ1v) is 12.5. The molecule has 0 aromatic heterocycles. The predicted molar refractivity (Wildman–Crippen MR) is 130 cm³/mol. The van der Waals surface area contributed by atoms with Crippen molar-refractivity contribution in [2.45, 2.75) is 37.5 Å². The van der Waals surface area contributed by atoms with E-state index < -0.39 is 21.8 Å². The maximum atomic E-state index is 13.5. The molecule has 2 aliphatic rings. The number of halogens is 1. The third kappa shape index (κ3) is 4.22. The second-order valence-corrected chi connectivity index (χ2v) is 11.3. The van der Waals surface area contributed by atoms with Crippen LogP contribution in [0.1, 0.15) is 38.2 Å². The molecule has 0 saturated carbocycles. The molecule has 10 heteroatoms. The molecular formula is C24H25ClN4O4S. The SMILES string of the molecule is CC1(C)CC(=O)C2=C(C1)N(c1ccc(S(N)(=O)=O)cc1)C(N)=C(C(N)=O)C2c1ccc(Cl)cc1. The molecule has 2 aromatic rings. The second-order valence-electron chi connectivity index (χ2n) is 9.32. The molecule has 1 atom stereocenters. The van der Waals surface area contributed by atoms with Crippen molar-refractivity contribution in [2.75, 3.05) is 4.90 Å². The molecule has 34 heavy (non-hydrogen) atoms. The van der Waals surface area contributed by atoms with Crippen molar-refractivity contribution in [1.29, 1.82) is 0 Å². The number of nitrogens with zero attached hydrogens (tertiary/aromatic N) is 1. The number of anilines is 1. The summed E-state index contributed by atoms with van der Waals surface area (Å²) in [4.78, 5) is 27.7. The summed E-state index contributed by atoms with van der Waals surface area (Å²) in [6.45, 7) is 3.97. The standard InChI is InChI=1S/C24H25ClN4O4S/c1-24(2)11-17-20(18(30)12-24)19(13-3-5-14(25)6-4-13)21(23(27)31)22(26)29(17)15-7-9-16(10-8-15)34(28,32)33/h3-10,19H,11-12,26H2,1-2H3,(H2,27,31)(H2,28,32,33). The number of amides is 1. The summed E-state index contributed by atoms with van der Waals surface area (Å²) in [5.41, 5.74) is 14.3. The van der Waals surface area contributed by atoms with Gasteiger partial charge in [-0.05, 0) is 53.8 Å². The lowest BCUT2D eigenvalue weighted by molar-refractivity contribution is -0.118.